The molecule has 3 rings (SSSR count). The average Bonchev–Trinajstić information content (AvgIpc) is 2.78. The third kappa shape index (κ3) is 6.00. The monoisotopic (exact) mass is 529 g/mol. The molecule has 0 heterocycles. The van der Waals surface area contributed by atoms with Crippen LogP contribution in [0.4, 0.5) is 5.69 Å². The Morgan fingerprint density at radius 3 is 2.45 bits per heavy atom. The van der Waals surface area contributed by atoms with Gasteiger partial charge in [-0.2, -0.15) is 5.10 Å². The summed E-state index contributed by atoms with van der Waals surface area (Å²) in [5.74, 6) is -0.00108. The zero-order chi connectivity index (χ0) is 24.0. The van der Waals surface area contributed by atoms with Crippen LogP contribution in [0, 0.1) is 13.8 Å². The van der Waals surface area contributed by atoms with E-state index in [1.807, 2.05) is 19.1 Å². The van der Waals surface area contributed by atoms with Crippen LogP contribution < -0.4 is 14.5 Å². The number of hydrogen-bond acceptors (Lipinski definition) is 5. The van der Waals surface area contributed by atoms with E-state index in [9.17, 15) is 13.2 Å². The number of para-hydroxylation sites is 1. The molecular formula is C24H24BrN3O4S. The number of carbonyl (C=O) groups excluding carboxylic acids is 1. The number of rotatable bonds is 8. The van der Waals surface area contributed by atoms with Gasteiger partial charge in [-0.3, -0.25) is 9.10 Å². The van der Waals surface area contributed by atoms with Gasteiger partial charge >= 0.3 is 0 Å². The summed E-state index contributed by atoms with van der Waals surface area (Å²) in [5, 5.41) is 3.98. The maximum atomic E-state index is 13.4. The number of ether oxygens (including phenoxy) is 1. The molecule has 3 aromatic rings. The molecule has 1 N–H and O–H groups in total. The molecule has 172 valence electrons. The number of nitrogens with one attached hydrogen (secondary N) is 1. The largest absolute Gasteiger partial charge is 0.496 e. The number of aryl methyl sites for hydroxylation is 2. The zero-order valence-corrected chi connectivity index (χ0v) is 20.9. The minimum absolute atomic E-state index is 0.103. The van der Waals surface area contributed by atoms with Gasteiger partial charge in [0.05, 0.1) is 23.9 Å². The molecule has 0 atom stereocenters. The summed E-state index contributed by atoms with van der Waals surface area (Å²) in [6.45, 7) is 3.23. The first kappa shape index (κ1) is 24.5. The number of benzene rings is 3. The molecule has 9 heteroatoms. The van der Waals surface area contributed by atoms with Crippen molar-refractivity contribution in [3.05, 3.63) is 87.9 Å². The Bertz CT molecular complexity index is 1280. The second-order valence-electron chi connectivity index (χ2n) is 7.29. The molecule has 0 spiro atoms. The van der Waals surface area contributed by atoms with Crippen LogP contribution in [0.2, 0.25) is 0 Å². The van der Waals surface area contributed by atoms with Crippen molar-refractivity contribution >= 4 is 43.8 Å². The van der Waals surface area contributed by atoms with E-state index in [-0.39, 0.29) is 4.90 Å². The summed E-state index contributed by atoms with van der Waals surface area (Å²) < 4.78 is 34.1. The van der Waals surface area contributed by atoms with Crippen molar-refractivity contribution in [2.45, 2.75) is 18.7 Å². The fourth-order valence-electron chi connectivity index (χ4n) is 3.13. The molecule has 3 aromatic carbocycles. The number of sulfonamides is 1. The van der Waals surface area contributed by atoms with E-state index >= 15 is 0 Å². The van der Waals surface area contributed by atoms with Gasteiger partial charge in [0.2, 0.25) is 0 Å². The van der Waals surface area contributed by atoms with Crippen LogP contribution in [-0.4, -0.2) is 34.2 Å². The van der Waals surface area contributed by atoms with E-state index in [0.717, 1.165) is 19.9 Å². The van der Waals surface area contributed by atoms with E-state index in [1.54, 1.807) is 49.4 Å². The van der Waals surface area contributed by atoms with Crippen LogP contribution in [0.15, 0.2) is 81.2 Å². The predicted molar refractivity (Wildman–Crippen MR) is 133 cm³/mol. The Hall–Kier alpha value is -3.17. The van der Waals surface area contributed by atoms with Crippen LogP contribution in [-0.2, 0) is 14.8 Å². The zero-order valence-electron chi connectivity index (χ0n) is 18.4. The van der Waals surface area contributed by atoms with Gasteiger partial charge in [0.25, 0.3) is 15.9 Å². The lowest BCUT2D eigenvalue weighted by atomic mass is 10.2. The lowest BCUT2D eigenvalue weighted by Crippen LogP contribution is -2.40. The highest BCUT2D eigenvalue weighted by atomic mass is 79.9. The number of anilines is 1. The summed E-state index contributed by atoms with van der Waals surface area (Å²) >= 11 is 3.38. The van der Waals surface area contributed by atoms with Crippen molar-refractivity contribution in [2.24, 2.45) is 5.10 Å². The Morgan fingerprint density at radius 1 is 1.09 bits per heavy atom. The number of hydrazone groups is 1. The lowest BCUT2D eigenvalue weighted by molar-refractivity contribution is -0.119. The molecule has 0 radical (unpaired) electrons. The van der Waals surface area contributed by atoms with Crippen molar-refractivity contribution < 1.29 is 17.9 Å². The van der Waals surface area contributed by atoms with Gasteiger partial charge in [-0.05, 0) is 55.8 Å². The molecule has 0 aliphatic carbocycles. The highest BCUT2D eigenvalue weighted by Crippen LogP contribution is 2.27. The van der Waals surface area contributed by atoms with E-state index < -0.39 is 22.5 Å². The summed E-state index contributed by atoms with van der Waals surface area (Å²) in [7, 11) is -2.45. The third-order valence-corrected chi connectivity index (χ3v) is 7.13. The first-order valence-electron chi connectivity index (χ1n) is 10.0. The van der Waals surface area contributed by atoms with Gasteiger partial charge in [-0.15, -0.1) is 0 Å². The van der Waals surface area contributed by atoms with Gasteiger partial charge in [0.15, 0.2) is 0 Å². The van der Waals surface area contributed by atoms with Crippen LogP contribution >= 0.6 is 15.9 Å². The number of methoxy groups -OCH3 is 1. The molecular weight excluding hydrogens is 506 g/mol. The normalized spacial score (nSPS) is 11.4. The van der Waals surface area contributed by atoms with Crippen LogP contribution in [0.3, 0.4) is 0 Å². The van der Waals surface area contributed by atoms with Crippen molar-refractivity contribution in [3.63, 3.8) is 0 Å². The first-order chi connectivity index (χ1) is 15.7. The minimum atomic E-state index is -3.99. The van der Waals surface area contributed by atoms with E-state index in [1.165, 1.54) is 25.5 Å². The van der Waals surface area contributed by atoms with Gasteiger partial charge < -0.3 is 4.74 Å². The molecule has 0 aliphatic rings. The quantitative estimate of drug-likeness (QED) is 0.345. The van der Waals surface area contributed by atoms with Crippen LogP contribution in [0.25, 0.3) is 0 Å². The van der Waals surface area contributed by atoms with Crippen molar-refractivity contribution in [1.82, 2.24) is 5.43 Å². The Morgan fingerprint density at radius 2 is 1.79 bits per heavy atom. The van der Waals surface area contributed by atoms with Crippen LogP contribution in [0.1, 0.15) is 16.7 Å². The topological polar surface area (TPSA) is 88.1 Å². The van der Waals surface area contributed by atoms with Gasteiger partial charge in [0.1, 0.15) is 12.3 Å². The molecule has 0 bridgehead atoms. The molecule has 0 saturated carbocycles. The van der Waals surface area contributed by atoms with Gasteiger partial charge in [-0.25, -0.2) is 13.8 Å². The molecule has 0 aliphatic heterocycles. The number of carbonyl (C=O) groups is 1. The molecule has 7 nitrogen and oxygen atoms in total. The molecule has 0 aromatic heterocycles. The van der Waals surface area contributed by atoms with Crippen molar-refractivity contribution in [2.75, 3.05) is 18.0 Å². The van der Waals surface area contributed by atoms with E-state index in [2.05, 4.69) is 26.5 Å². The maximum Gasteiger partial charge on any atom is 0.264 e. The fraction of sp³-hybridized carbons (Fsp3) is 0.167. The maximum absolute atomic E-state index is 13.4. The molecule has 0 unspecified atom stereocenters. The van der Waals surface area contributed by atoms with Gasteiger partial charge in [-0.1, -0.05) is 51.8 Å². The van der Waals surface area contributed by atoms with Gasteiger partial charge in [0, 0.05) is 10.0 Å². The van der Waals surface area contributed by atoms with Crippen LogP contribution in [0.5, 0.6) is 5.75 Å². The third-order valence-electron chi connectivity index (χ3n) is 4.86. The Balaban J connectivity index is 1.86. The summed E-state index contributed by atoms with van der Waals surface area (Å²) in [4.78, 5) is 12.8. The van der Waals surface area contributed by atoms with Crippen molar-refractivity contribution in [3.8, 4) is 5.75 Å². The smallest absolute Gasteiger partial charge is 0.264 e. The number of halogens is 1. The van der Waals surface area contributed by atoms with Crippen molar-refractivity contribution in [1.29, 1.82) is 0 Å². The average molecular weight is 530 g/mol. The minimum Gasteiger partial charge on any atom is -0.496 e. The molecule has 33 heavy (non-hydrogen) atoms. The molecule has 0 fully saturated rings. The first-order valence-corrected chi connectivity index (χ1v) is 12.3. The number of amides is 1. The predicted octanol–water partition coefficient (Wildman–Crippen LogP) is 4.42. The summed E-state index contributed by atoms with van der Waals surface area (Å²) in [6.07, 6.45) is 1.44. The highest BCUT2D eigenvalue weighted by Gasteiger charge is 2.28. The Kier molecular flexibility index (Phi) is 7.88. The second kappa shape index (κ2) is 10.6. The SMILES string of the molecule is COc1ccc(Br)cc1/C=N\NC(=O)CN(c1ccccc1C)S(=O)(=O)c1ccc(C)cc1. The number of hydrogen-bond donors (Lipinski definition) is 1. The lowest BCUT2D eigenvalue weighted by Gasteiger charge is -2.25. The van der Waals surface area contributed by atoms with E-state index in [4.69, 9.17) is 4.74 Å². The fourth-order valence-corrected chi connectivity index (χ4v) is 4.99. The standard InChI is InChI=1S/C24H24BrN3O4S/c1-17-8-11-21(12-9-17)33(30,31)28(22-7-5-4-6-18(22)2)16-24(29)27-26-15-19-14-20(25)10-13-23(19)32-3/h4-15H,16H2,1-3H3,(H,27,29)/b26-15-. The summed E-state index contributed by atoms with van der Waals surface area (Å²) in [6, 6.07) is 18.9. The molecule has 0 saturated heterocycles. The summed E-state index contributed by atoms with van der Waals surface area (Å²) in [5.41, 5.74) is 5.14. The number of nitrogens with zero attached hydrogens (tertiary/aromatic N) is 2. The molecule has 1 amide bonds. The second-order valence-corrected chi connectivity index (χ2v) is 10.1. The highest BCUT2D eigenvalue weighted by molar-refractivity contribution is 9.10. The Labute approximate surface area is 202 Å². The van der Waals surface area contributed by atoms with E-state index in [0.29, 0.717) is 17.0 Å².